The molecule has 0 saturated heterocycles. The van der Waals surface area contributed by atoms with Gasteiger partial charge in [-0.05, 0) is 26.0 Å². The zero-order valence-electron chi connectivity index (χ0n) is 20.0. The minimum atomic E-state index is -4.10. The molecule has 0 aliphatic heterocycles. The summed E-state index contributed by atoms with van der Waals surface area (Å²) in [5.41, 5.74) is 0.150. The molecule has 190 valence electrons. The number of furan rings is 1. The molecule has 2 atom stereocenters. The van der Waals surface area contributed by atoms with Crippen molar-refractivity contribution in [3.8, 4) is 29.0 Å². The molecule has 13 nitrogen and oxygen atoms in total. The van der Waals surface area contributed by atoms with E-state index in [1.54, 1.807) is 26.0 Å². The van der Waals surface area contributed by atoms with Crippen LogP contribution >= 0.6 is 0 Å². The van der Waals surface area contributed by atoms with E-state index in [4.69, 9.17) is 13.9 Å². The topological polar surface area (TPSA) is 160 Å². The smallest absolute Gasteiger partial charge is 0.245 e. The van der Waals surface area contributed by atoms with Crippen LogP contribution in [0.25, 0.3) is 17.3 Å². The molecule has 4 aromatic rings. The molecular formula is C21H23FN8O5S. The number of methoxy groups -OCH3 is 2. The third kappa shape index (κ3) is 4.68. The first-order valence-corrected chi connectivity index (χ1v) is 12.2. The fourth-order valence-electron chi connectivity index (χ4n) is 3.37. The van der Waals surface area contributed by atoms with Crippen LogP contribution in [0, 0.1) is 12.7 Å². The number of hydrogen-bond donors (Lipinski definition) is 1. The lowest BCUT2D eigenvalue weighted by Gasteiger charge is -2.20. The lowest BCUT2D eigenvalue weighted by Crippen LogP contribution is -2.31. The number of aromatic nitrogens is 7. The third-order valence-electron chi connectivity index (χ3n) is 5.46. The number of halogens is 1. The predicted molar refractivity (Wildman–Crippen MR) is 125 cm³/mol. The summed E-state index contributed by atoms with van der Waals surface area (Å²) < 4.78 is 60.3. The second-order valence-corrected chi connectivity index (χ2v) is 9.77. The zero-order chi connectivity index (χ0) is 26.0. The highest BCUT2D eigenvalue weighted by Crippen LogP contribution is 2.36. The van der Waals surface area contributed by atoms with Gasteiger partial charge in [0, 0.05) is 5.92 Å². The van der Waals surface area contributed by atoms with E-state index in [9.17, 15) is 12.8 Å². The molecule has 4 rings (SSSR count). The molecule has 0 unspecified atom stereocenters. The Morgan fingerprint density at radius 2 is 1.67 bits per heavy atom. The van der Waals surface area contributed by atoms with Crippen LogP contribution in [0.2, 0.25) is 0 Å². The van der Waals surface area contributed by atoms with E-state index in [0.29, 0.717) is 11.5 Å². The van der Waals surface area contributed by atoms with E-state index in [1.807, 2.05) is 0 Å². The highest BCUT2D eigenvalue weighted by molar-refractivity contribution is 7.93. The molecule has 4 heterocycles. The lowest BCUT2D eigenvalue weighted by molar-refractivity contribution is 0.368. The molecule has 0 aliphatic carbocycles. The first kappa shape index (κ1) is 25.0. The molecule has 0 aliphatic rings. The Bertz CT molecular complexity index is 1450. The fraction of sp³-hybridized carbons (Fsp3) is 0.333. The summed E-state index contributed by atoms with van der Waals surface area (Å²) >= 11 is 0. The van der Waals surface area contributed by atoms with Gasteiger partial charge in [-0.1, -0.05) is 6.92 Å². The largest absolute Gasteiger partial charge is 0.479 e. The summed E-state index contributed by atoms with van der Waals surface area (Å²) in [4.78, 5) is 16.0. The maximum absolute atomic E-state index is 13.4. The van der Waals surface area contributed by atoms with Crippen molar-refractivity contribution in [3.63, 3.8) is 0 Å². The molecule has 1 N–H and O–H groups in total. The number of nitrogens with zero attached hydrogens (tertiary/aromatic N) is 7. The van der Waals surface area contributed by atoms with Crippen LogP contribution in [0.15, 0.2) is 35.3 Å². The van der Waals surface area contributed by atoms with Crippen molar-refractivity contribution in [1.29, 1.82) is 0 Å². The average molecular weight is 519 g/mol. The van der Waals surface area contributed by atoms with E-state index in [1.165, 1.54) is 32.0 Å². The van der Waals surface area contributed by atoms with Crippen molar-refractivity contribution in [1.82, 2.24) is 34.7 Å². The normalized spacial score (nSPS) is 13.3. The molecular weight excluding hydrogens is 495 g/mol. The van der Waals surface area contributed by atoms with Crippen molar-refractivity contribution in [3.05, 3.63) is 48.3 Å². The van der Waals surface area contributed by atoms with Crippen molar-refractivity contribution in [2.24, 2.45) is 0 Å². The number of ether oxygens (including phenoxy) is 2. The number of rotatable bonds is 9. The van der Waals surface area contributed by atoms with Gasteiger partial charge in [0.05, 0.1) is 31.9 Å². The van der Waals surface area contributed by atoms with Crippen LogP contribution in [0.1, 0.15) is 31.4 Å². The van der Waals surface area contributed by atoms with Crippen LogP contribution in [0.3, 0.4) is 0 Å². The van der Waals surface area contributed by atoms with Gasteiger partial charge in [0.2, 0.25) is 33.6 Å². The summed E-state index contributed by atoms with van der Waals surface area (Å²) in [6, 6.07) is 3.38. The van der Waals surface area contributed by atoms with Gasteiger partial charge in [-0.25, -0.2) is 27.3 Å². The third-order valence-corrected chi connectivity index (χ3v) is 7.32. The van der Waals surface area contributed by atoms with Gasteiger partial charge in [-0.3, -0.25) is 4.72 Å². The van der Waals surface area contributed by atoms with E-state index in [0.717, 1.165) is 12.4 Å². The second-order valence-electron chi connectivity index (χ2n) is 7.73. The summed E-state index contributed by atoms with van der Waals surface area (Å²) in [5.74, 6) is -0.120. The Kier molecular flexibility index (Phi) is 6.83. The highest BCUT2D eigenvalue weighted by Gasteiger charge is 2.33. The van der Waals surface area contributed by atoms with Crippen LogP contribution in [-0.4, -0.2) is 62.6 Å². The fourth-order valence-corrected chi connectivity index (χ4v) is 4.60. The average Bonchev–Trinajstić information content (AvgIpc) is 3.48. The molecule has 15 heteroatoms. The van der Waals surface area contributed by atoms with E-state index < -0.39 is 27.0 Å². The number of aryl methyl sites for hydroxylation is 1. The van der Waals surface area contributed by atoms with Crippen molar-refractivity contribution >= 4 is 16.0 Å². The Balaban J connectivity index is 1.81. The molecule has 0 saturated carbocycles. The van der Waals surface area contributed by atoms with Gasteiger partial charge >= 0.3 is 0 Å². The van der Waals surface area contributed by atoms with Gasteiger partial charge in [-0.15, -0.1) is 10.2 Å². The predicted octanol–water partition coefficient (Wildman–Crippen LogP) is 2.51. The quantitative estimate of drug-likeness (QED) is 0.347. The minimum absolute atomic E-state index is 0.0766. The van der Waals surface area contributed by atoms with Crippen LogP contribution in [0.4, 0.5) is 10.3 Å². The first-order valence-electron chi connectivity index (χ1n) is 10.6. The molecule has 0 amide bonds. The number of anilines is 1. The molecule has 0 aromatic carbocycles. The van der Waals surface area contributed by atoms with Crippen molar-refractivity contribution in [2.45, 2.75) is 31.9 Å². The lowest BCUT2D eigenvalue weighted by atomic mass is 10.1. The maximum atomic E-state index is 13.4. The summed E-state index contributed by atoms with van der Waals surface area (Å²) in [6.45, 7) is 4.85. The van der Waals surface area contributed by atoms with Crippen LogP contribution in [0.5, 0.6) is 11.8 Å². The van der Waals surface area contributed by atoms with E-state index in [-0.39, 0.29) is 35.0 Å². The molecule has 4 aromatic heterocycles. The molecule has 0 spiro atoms. The van der Waals surface area contributed by atoms with Gasteiger partial charge in [0.15, 0.2) is 17.3 Å². The number of hydrogen-bond acceptors (Lipinski definition) is 11. The van der Waals surface area contributed by atoms with Crippen molar-refractivity contribution in [2.75, 3.05) is 18.9 Å². The Labute approximate surface area is 205 Å². The van der Waals surface area contributed by atoms with E-state index in [2.05, 4.69) is 34.9 Å². The summed E-state index contributed by atoms with van der Waals surface area (Å²) in [5, 5.41) is 7.15. The monoisotopic (exact) mass is 518 g/mol. The van der Waals surface area contributed by atoms with Gasteiger partial charge in [-0.2, -0.15) is 9.97 Å². The van der Waals surface area contributed by atoms with Crippen molar-refractivity contribution < 1.29 is 26.7 Å². The molecule has 0 radical (unpaired) electrons. The summed E-state index contributed by atoms with van der Waals surface area (Å²) in [7, 11) is -1.32. The van der Waals surface area contributed by atoms with Gasteiger partial charge in [0.1, 0.15) is 17.9 Å². The standard InChI is InChI=1S/C21H23FN8O5S/c1-11-6-7-15(35-11)18-27-28-21(30(18)16-19(33-4)25-10-26-20(16)34-5)29-36(31,32)13(3)12(2)17-23-8-14(22)9-24-17/h6-10,12-13H,1-5H3,(H,28,29)/t12-,13-/m0/s1. The number of nitrogens with one attached hydrogen (secondary N) is 1. The number of sulfonamides is 1. The maximum Gasteiger partial charge on any atom is 0.245 e. The SMILES string of the molecule is COc1ncnc(OC)c1-n1c(NS(=O)(=O)[C@@H](C)[C@H](C)c2ncc(F)cn2)nnc1-c1ccc(C)o1. The highest BCUT2D eigenvalue weighted by atomic mass is 32.2. The van der Waals surface area contributed by atoms with Crippen LogP contribution < -0.4 is 14.2 Å². The Morgan fingerprint density at radius 1 is 1.03 bits per heavy atom. The second kappa shape index (κ2) is 9.85. The minimum Gasteiger partial charge on any atom is -0.479 e. The Morgan fingerprint density at radius 3 is 2.22 bits per heavy atom. The first-order chi connectivity index (χ1) is 17.2. The Hall–Kier alpha value is -4.14. The van der Waals surface area contributed by atoms with Gasteiger partial charge < -0.3 is 13.9 Å². The zero-order valence-corrected chi connectivity index (χ0v) is 20.8. The van der Waals surface area contributed by atoms with Gasteiger partial charge in [0.25, 0.3) is 0 Å². The van der Waals surface area contributed by atoms with Crippen LogP contribution in [-0.2, 0) is 10.0 Å². The molecule has 36 heavy (non-hydrogen) atoms. The molecule has 0 fully saturated rings. The summed E-state index contributed by atoms with van der Waals surface area (Å²) in [6.07, 6.45) is 3.19. The molecule has 0 bridgehead atoms. The van der Waals surface area contributed by atoms with E-state index >= 15 is 0 Å².